The predicted octanol–water partition coefficient (Wildman–Crippen LogP) is 2.44. The molecule has 1 aliphatic carbocycles. The number of benzene rings is 1. The SMILES string of the molecule is CO[C@@H]1[C@@H](n2cc(-c3ccc(Cl)c(F)c3F)nn2)[C@@H](O)[C@@H](CO)O[C@@H]1Cn1cc(C2(C(F)(F)F)CC2)nn1. The minimum absolute atomic E-state index is 0.0634. The highest BCUT2D eigenvalue weighted by atomic mass is 35.5. The number of ether oxygens (including phenoxy) is 2. The van der Waals surface area contributed by atoms with Crippen molar-refractivity contribution in [3.05, 3.63) is 46.9 Å². The summed E-state index contributed by atoms with van der Waals surface area (Å²) in [5.74, 6) is -2.49. The molecule has 1 aliphatic heterocycles. The zero-order chi connectivity index (χ0) is 27.4. The topological polar surface area (TPSA) is 120 Å². The molecule has 0 spiro atoms. The average Bonchev–Trinajstić information content (AvgIpc) is 3.35. The molecule has 10 nitrogen and oxygen atoms in total. The summed E-state index contributed by atoms with van der Waals surface area (Å²) in [6.07, 6.45) is -6.59. The lowest BCUT2D eigenvalue weighted by molar-refractivity contribution is -0.216. The van der Waals surface area contributed by atoms with Crippen LogP contribution in [0.2, 0.25) is 5.02 Å². The molecule has 1 saturated carbocycles. The summed E-state index contributed by atoms with van der Waals surface area (Å²) in [4.78, 5) is 0. The van der Waals surface area contributed by atoms with E-state index in [-0.39, 0.29) is 36.3 Å². The first-order valence-electron chi connectivity index (χ1n) is 11.5. The molecule has 1 aromatic carbocycles. The smallest absolute Gasteiger partial charge is 0.394 e. The normalized spacial score (nSPS) is 27.0. The van der Waals surface area contributed by atoms with Gasteiger partial charge in [-0.25, -0.2) is 18.1 Å². The molecule has 2 N–H and O–H groups in total. The van der Waals surface area contributed by atoms with Gasteiger partial charge in [0.25, 0.3) is 0 Å². The standard InChI is InChI=1S/C22H22ClF5N6O4/c1-37-20-13(7-33-8-15(30-31-33)21(4-5-21)22(26,27)28)38-14(9-35)19(36)18(20)34-6-12(29-32-34)10-2-3-11(23)17(25)16(10)24/h2-3,6,8,13-14,18-20,35-36H,4-5,7,9H2,1H3/t13-,14-,18+,19+,20+/m1/s1. The van der Waals surface area contributed by atoms with Crippen molar-refractivity contribution in [2.45, 2.75) is 61.4 Å². The van der Waals surface area contributed by atoms with Crippen LogP contribution in [0.1, 0.15) is 24.6 Å². The second kappa shape index (κ2) is 9.79. The maximum absolute atomic E-state index is 14.5. The lowest BCUT2D eigenvalue weighted by Gasteiger charge is -2.43. The van der Waals surface area contributed by atoms with Gasteiger partial charge in [-0.3, -0.25) is 0 Å². The van der Waals surface area contributed by atoms with E-state index in [0.29, 0.717) is 0 Å². The molecule has 2 aliphatic rings. The Morgan fingerprint density at radius 1 is 1.13 bits per heavy atom. The summed E-state index contributed by atoms with van der Waals surface area (Å²) in [5, 5.41) is 35.7. The molecule has 2 fully saturated rings. The molecule has 1 saturated heterocycles. The molecule has 16 heteroatoms. The fourth-order valence-corrected chi connectivity index (χ4v) is 4.93. The molecule has 0 bridgehead atoms. The fourth-order valence-electron chi connectivity index (χ4n) is 4.78. The first kappa shape index (κ1) is 26.9. The van der Waals surface area contributed by atoms with Crippen molar-refractivity contribution in [2.75, 3.05) is 13.7 Å². The summed E-state index contributed by atoms with van der Waals surface area (Å²) >= 11 is 5.61. The average molecular weight is 565 g/mol. The summed E-state index contributed by atoms with van der Waals surface area (Å²) in [7, 11) is 1.32. The van der Waals surface area contributed by atoms with Crippen LogP contribution in [-0.4, -0.2) is 84.5 Å². The molecule has 3 aromatic rings. The molecule has 5 rings (SSSR count). The maximum Gasteiger partial charge on any atom is 0.400 e. The van der Waals surface area contributed by atoms with Gasteiger partial charge in [-0.1, -0.05) is 22.0 Å². The van der Waals surface area contributed by atoms with Gasteiger partial charge in [0.15, 0.2) is 11.6 Å². The third-order valence-electron chi connectivity index (χ3n) is 7.05. The van der Waals surface area contributed by atoms with Crippen LogP contribution in [-0.2, 0) is 21.4 Å². The van der Waals surface area contributed by atoms with Gasteiger partial charge < -0.3 is 19.7 Å². The Labute approximate surface area is 216 Å². The molecule has 206 valence electrons. The van der Waals surface area contributed by atoms with Gasteiger partial charge in [-0.05, 0) is 25.0 Å². The van der Waals surface area contributed by atoms with Gasteiger partial charge in [-0.15, -0.1) is 10.2 Å². The van der Waals surface area contributed by atoms with Crippen LogP contribution in [0, 0.1) is 11.6 Å². The number of rotatable bonds is 7. The first-order valence-corrected chi connectivity index (χ1v) is 11.9. The van der Waals surface area contributed by atoms with Crippen molar-refractivity contribution >= 4 is 11.6 Å². The van der Waals surface area contributed by atoms with Crippen molar-refractivity contribution in [3.63, 3.8) is 0 Å². The molecule has 0 unspecified atom stereocenters. The van der Waals surface area contributed by atoms with E-state index in [4.69, 9.17) is 21.1 Å². The van der Waals surface area contributed by atoms with E-state index in [2.05, 4.69) is 20.6 Å². The highest BCUT2D eigenvalue weighted by molar-refractivity contribution is 6.30. The molecule has 5 atom stereocenters. The van der Waals surface area contributed by atoms with Crippen LogP contribution in [0.15, 0.2) is 24.5 Å². The maximum atomic E-state index is 14.5. The van der Waals surface area contributed by atoms with Crippen molar-refractivity contribution in [3.8, 4) is 11.3 Å². The van der Waals surface area contributed by atoms with Crippen LogP contribution < -0.4 is 0 Å². The minimum atomic E-state index is -4.46. The Balaban J connectivity index is 1.43. The van der Waals surface area contributed by atoms with E-state index in [1.165, 1.54) is 34.9 Å². The van der Waals surface area contributed by atoms with Crippen LogP contribution in [0.25, 0.3) is 11.3 Å². The Morgan fingerprint density at radius 2 is 1.87 bits per heavy atom. The zero-order valence-corrected chi connectivity index (χ0v) is 20.4. The lowest BCUT2D eigenvalue weighted by Crippen LogP contribution is -2.57. The zero-order valence-electron chi connectivity index (χ0n) is 19.7. The van der Waals surface area contributed by atoms with Gasteiger partial charge in [0.05, 0.1) is 30.1 Å². The van der Waals surface area contributed by atoms with Crippen LogP contribution in [0.5, 0.6) is 0 Å². The number of alkyl halides is 3. The molecular weight excluding hydrogens is 543 g/mol. The van der Waals surface area contributed by atoms with Crippen LogP contribution >= 0.6 is 11.6 Å². The highest BCUT2D eigenvalue weighted by Crippen LogP contribution is 2.58. The summed E-state index contributed by atoms with van der Waals surface area (Å²) in [6, 6.07) is 1.34. The monoisotopic (exact) mass is 564 g/mol. The van der Waals surface area contributed by atoms with E-state index >= 15 is 0 Å². The molecule has 0 radical (unpaired) electrons. The summed E-state index contributed by atoms with van der Waals surface area (Å²) in [5.41, 5.74) is -2.51. The van der Waals surface area contributed by atoms with Crippen molar-refractivity contribution in [1.82, 2.24) is 30.0 Å². The van der Waals surface area contributed by atoms with E-state index < -0.39 is 65.3 Å². The Bertz CT molecular complexity index is 1320. The van der Waals surface area contributed by atoms with Crippen molar-refractivity contribution < 1.29 is 41.6 Å². The van der Waals surface area contributed by atoms with Crippen molar-refractivity contribution in [2.24, 2.45) is 0 Å². The largest absolute Gasteiger partial charge is 0.400 e. The number of aliphatic hydroxyl groups is 2. The molecular formula is C22H22ClF5N6O4. The molecule has 3 heterocycles. The van der Waals surface area contributed by atoms with Gasteiger partial charge in [0.2, 0.25) is 0 Å². The van der Waals surface area contributed by atoms with E-state index in [1.54, 1.807) is 0 Å². The van der Waals surface area contributed by atoms with Gasteiger partial charge >= 0.3 is 6.18 Å². The number of aliphatic hydroxyl groups excluding tert-OH is 2. The second-order valence-corrected chi connectivity index (χ2v) is 9.70. The highest BCUT2D eigenvalue weighted by Gasteiger charge is 2.66. The van der Waals surface area contributed by atoms with E-state index in [9.17, 15) is 32.2 Å². The minimum Gasteiger partial charge on any atom is -0.394 e. The van der Waals surface area contributed by atoms with Crippen LogP contribution in [0.3, 0.4) is 0 Å². The van der Waals surface area contributed by atoms with Gasteiger partial charge in [-0.2, -0.15) is 13.2 Å². The third-order valence-corrected chi connectivity index (χ3v) is 7.34. The van der Waals surface area contributed by atoms with E-state index in [1.807, 2.05) is 0 Å². The number of halogens is 6. The summed E-state index contributed by atoms with van der Waals surface area (Å²) in [6.45, 7) is -0.735. The third kappa shape index (κ3) is 4.45. The predicted molar refractivity (Wildman–Crippen MR) is 119 cm³/mol. The molecule has 0 amide bonds. The molecule has 2 aromatic heterocycles. The number of aromatic nitrogens is 6. The second-order valence-electron chi connectivity index (χ2n) is 9.29. The number of nitrogens with zero attached hydrogens (tertiary/aromatic N) is 6. The van der Waals surface area contributed by atoms with Crippen molar-refractivity contribution in [1.29, 1.82) is 0 Å². The van der Waals surface area contributed by atoms with E-state index in [0.717, 1.165) is 6.07 Å². The van der Waals surface area contributed by atoms with Gasteiger partial charge in [0.1, 0.15) is 41.6 Å². The van der Waals surface area contributed by atoms with Gasteiger partial charge in [0, 0.05) is 18.9 Å². The van der Waals surface area contributed by atoms with Crippen LogP contribution in [0.4, 0.5) is 22.0 Å². The Hall–Kier alpha value is -2.72. The molecule has 38 heavy (non-hydrogen) atoms. The Morgan fingerprint density at radius 3 is 2.50 bits per heavy atom. The number of methoxy groups -OCH3 is 1. The Kier molecular flexibility index (Phi) is 6.92. The number of hydrogen-bond donors (Lipinski definition) is 2. The summed E-state index contributed by atoms with van der Waals surface area (Å²) < 4.78 is 82.6. The first-order chi connectivity index (χ1) is 18.0. The fraction of sp³-hybridized carbons (Fsp3) is 0.545. The number of hydrogen-bond acceptors (Lipinski definition) is 8. The lowest BCUT2D eigenvalue weighted by atomic mass is 9.92. The quantitative estimate of drug-likeness (QED) is 0.332.